The van der Waals surface area contributed by atoms with Crippen LogP contribution >= 0.6 is 0 Å². The second-order valence-electron chi connectivity index (χ2n) is 5.78. The van der Waals surface area contributed by atoms with Gasteiger partial charge in [0.1, 0.15) is 5.60 Å². The summed E-state index contributed by atoms with van der Waals surface area (Å²) in [5.74, 6) is 5.46. The molecule has 1 aliphatic carbocycles. The van der Waals surface area contributed by atoms with Gasteiger partial charge >= 0.3 is 6.09 Å². The van der Waals surface area contributed by atoms with E-state index in [9.17, 15) is 4.79 Å². The van der Waals surface area contributed by atoms with E-state index < -0.39 is 5.60 Å². The molecule has 5 heteroatoms. The van der Waals surface area contributed by atoms with Gasteiger partial charge in [0.05, 0.1) is 0 Å². The summed E-state index contributed by atoms with van der Waals surface area (Å²) in [6, 6.07) is 0.526. The number of nitrogens with two attached hydrogens (primary N) is 1. The van der Waals surface area contributed by atoms with E-state index in [4.69, 9.17) is 10.6 Å². The van der Waals surface area contributed by atoms with E-state index in [1.807, 2.05) is 20.8 Å². The monoisotopic (exact) mass is 243 g/mol. The van der Waals surface area contributed by atoms with E-state index in [0.717, 1.165) is 25.7 Å². The zero-order chi connectivity index (χ0) is 13.1. The molecular weight excluding hydrogens is 218 g/mol. The van der Waals surface area contributed by atoms with Gasteiger partial charge < -0.3 is 9.64 Å². The standard InChI is InChI=1S/C12H25N3O2/c1-12(2,3)17-11(16)15(4)10-7-5-6-9(8-10)14-13/h9-10,14H,5-8,13H2,1-4H3/t9-,10+/m1/s1. The van der Waals surface area contributed by atoms with E-state index in [0.29, 0.717) is 6.04 Å². The molecule has 1 fully saturated rings. The SMILES string of the molecule is CN(C(=O)OC(C)(C)C)[C@H]1CCC[C@@H](NN)C1. The predicted molar refractivity (Wildman–Crippen MR) is 67.4 cm³/mol. The molecule has 0 spiro atoms. The molecule has 1 aliphatic rings. The first-order valence-electron chi connectivity index (χ1n) is 6.25. The first-order valence-corrected chi connectivity index (χ1v) is 6.25. The third-order valence-corrected chi connectivity index (χ3v) is 3.11. The summed E-state index contributed by atoms with van der Waals surface area (Å²) >= 11 is 0. The number of amides is 1. The average molecular weight is 243 g/mol. The molecular formula is C12H25N3O2. The van der Waals surface area contributed by atoms with Crippen molar-refractivity contribution in [1.29, 1.82) is 0 Å². The van der Waals surface area contributed by atoms with Crippen LogP contribution in [-0.4, -0.2) is 35.7 Å². The smallest absolute Gasteiger partial charge is 0.410 e. The van der Waals surface area contributed by atoms with Crippen LogP contribution in [-0.2, 0) is 4.74 Å². The fraction of sp³-hybridized carbons (Fsp3) is 0.917. The Morgan fingerprint density at radius 3 is 2.59 bits per heavy atom. The molecule has 1 saturated carbocycles. The molecule has 0 radical (unpaired) electrons. The lowest BCUT2D eigenvalue weighted by molar-refractivity contribution is 0.0175. The number of nitrogens with one attached hydrogen (secondary N) is 1. The molecule has 3 N–H and O–H groups in total. The first-order chi connectivity index (χ1) is 7.83. The number of ether oxygens (including phenoxy) is 1. The van der Waals surface area contributed by atoms with Crippen LogP contribution in [0.1, 0.15) is 46.5 Å². The molecule has 100 valence electrons. The van der Waals surface area contributed by atoms with Gasteiger partial charge in [-0.3, -0.25) is 11.3 Å². The summed E-state index contributed by atoms with van der Waals surface area (Å²) in [6.45, 7) is 5.64. The zero-order valence-electron chi connectivity index (χ0n) is 11.3. The molecule has 2 atom stereocenters. The second-order valence-corrected chi connectivity index (χ2v) is 5.78. The maximum absolute atomic E-state index is 11.9. The van der Waals surface area contributed by atoms with Gasteiger partial charge in [0.15, 0.2) is 0 Å². The van der Waals surface area contributed by atoms with Crippen LogP contribution in [0.5, 0.6) is 0 Å². The molecule has 0 unspecified atom stereocenters. The van der Waals surface area contributed by atoms with Gasteiger partial charge in [-0.15, -0.1) is 0 Å². The quantitative estimate of drug-likeness (QED) is 0.571. The predicted octanol–water partition coefficient (Wildman–Crippen LogP) is 1.63. The van der Waals surface area contributed by atoms with Gasteiger partial charge in [-0.1, -0.05) is 0 Å². The maximum Gasteiger partial charge on any atom is 0.410 e. The second kappa shape index (κ2) is 5.69. The molecule has 1 amide bonds. The Morgan fingerprint density at radius 1 is 1.41 bits per heavy atom. The van der Waals surface area contributed by atoms with E-state index in [-0.39, 0.29) is 12.1 Å². The van der Waals surface area contributed by atoms with Crippen molar-refractivity contribution >= 4 is 6.09 Å². The van der Waals surface area contributed by atoms with Crippen LogP contribution in [0.2, 0.25) is 0 Å². The number of rotatable bonds is 2. The minimum absolute atomic E-state index is 0.222. The summed E-state index contributed by atoms with van der Waals surface area (Å²) in [5.41, 5.74) is 2.36. The molecule has 5 nitrogen and oxygen atoms in total. The fourth-order valence-corrected chi connectivity index (χ4v) is 2.15. The Labute approximate surface area is 104 Å². The van der Waals surface area contributed by atoms with Crippen LogP contribution in [0, 0.1) is 0 Å². The van der Waals surface area contributed by atoms with Crippen LogP contribution in [0.4, 0.5) is 4.79 Å². The zero-order valence-corrected chi connectivity index (χ0v) is 11.3. The van der Waals surface area contributed by atoms with Gasteiger partial charge in [-0.05, 0) is 46.5 Å². The fourth-order valence-electron chi connectivity index (χ4n) is 2.15. The van der Waals surface area contributed by atoms with Crippen molar-refractivity contribution in [2.45, 2.75) is 64.1 Å². The highest BCUT2D eigenvalue weighted by molar-refractivity contribution is 5.68. The van der Waals surface area contributed by atoms with E-state index in [1.54, 1.807) is 11.9 Å². The minimum atomic E-state index is -0.439. The number of carbonyl (C=O) groups excluding carboxylic acids is 1. The molecule has 0 bridgehead atoms. The molecule has 0 aromatic carbocycles. The lowest BCUT2D eigenvalue weighted by Gasteiger charge is -2.35. The lowest BCUT2D eigenvalue weighted by atomic mass is 9.91. The third kappa shape index (κ3) is 4.52. The van der Waals surface area contributed by atoms with Crippen LogP contribution in [0.25, 0.3) is 0 Å². The third-order valence-electron chi connectivity index (χ3n) is 3.11. The summed E-state index contributed by atoms with van der Waals surface area (Å²) in [4.78, 5) is 13.6. The highest BCUT2D eigenvalue weighted by Gasteiger charge is 2.29. The minimum Gasteiger partial charge on any atom is -0.444 e. The Balaban J connectivity index is 2.51. The van der Waals surface area contributed by atoms with Gasteiger partial charge in [0.2, 0.25) is 0 Å². The summed E-state index contributed by atoms with van der Waals surface area (Å²) in [6.07, 6.45) is 3.84. The molecule has 0 aromatic heterocycles. The van der Waals surface area contributed by atoms with E-state index in [2.05, 4.69) is 5.43 Å². The normalized spacial score (nSPS) is 25.5. The summed E-state index contributed by atoms with van der Waals surface area (Å²) in [7, 11) is 1.80. The van der Waals surface area contributed by atoms with Gasteiger partial charge in [-0.2, -0.15) is 0 Å². The Kier molecular flexibility index (Phi) is 4.77. The van der Waals surface area contributed by atoms with Gasteiger partial charge in [0, 0.05) is 19.1 Å². The first kappa shape index (κ1) is 14.3. The molecule has 0 aliphatic heterocycles. The number of carbonyl (C=O) groups is 1. The van der Waals surface area contributed by atoms with Crippen LogP contribution in [0.3, 0.4) is 0 Å². The maximum atomic E-state index is 11.9. The highest BCUT2D eigenvalue weighted by Crippen LogP contribution is 2.23. The summed E-state index contributed by atoms with van der Waals surface area (Å²) < 4.78 is 5.36. The van der Waals surface area contributed by atoms with Crippen molar-refractivity contribution in [3.8, 4) is 0 Å². The summed E-state index contributed by atoms with van der Waals surface area (Å²) in [5, 5.41) is 0. The molecule has 0 heterocycles. The van der Waals surface area contributed by atoms with Gasteiger partial charge in [-0.25, -0.2) is 4.79 Å². The number of hydrogen-bond donors (Lipinski definition) is 2. The molecule has 17 heavy (non-hydrogen) atoms. The molecule has 0 aromatic rings. The highest BCUT2D eigenvalue weighted by atomic mass is 16.6. The Hall–Kier alpha value is -0.810. The largest absolute Gasteiger partial charge is 0.444 e. The van der Waals surface area contributed by atoms with Crippen molar-refractivity contribution in [2.75, 3.05) is 7.05 Å². The van der Waals surface area contributed by atoms with Crippen molar-refractivity contribution in [1.82, 2.24) is 10.3 Å². The number of nitrogens with zero attached hydrogens (tertiary/aromatic N) is 1. The Morgan fingerprint density at radius 2 is 2.06 bits per heavy atom. The van der Waals surface area contributed by atoms with Crippen molar-refractivity contribution in [3.05, 3.63) is 0 Å². The van der Waals surface area contributed by atoms with Gasteiger partial charge in [0.25, 0.3) is 0 Å². The van der Waals surface area contributed by atoms with E-state index >= 15 is 0 Å². The molecule has 0 saturated heterocycles. The molecule has 1 rings (SSSR count). The average Bonchev–Trinajstić information content (AvgIpc) is 2.26. The lowest BCUT2D eigenvalue weighted by Crippen LogP contribution is -2.48. The van der Waals surface area contributed by atoms with Crippen LogP contribution < -0.4 is 11.3 Å². The Bertz CT molecular complexity index is 263. The van der Waals surface area contributed by atoms with Crippen molar-refractivity contribution in [2.24, 2.45) is 5.84 Å². The van der Waals surface area contributed by atoms with Crippen molar-refractivity contribution < 1.29 is 9.53 Å². The van der Waals surface area contributed by atoms with Crippen molar-refractivity contribution in [3.63, 3.8) is 0 Å². The van der Waals surface area contributed by atoms with Crippen LogP contribution in [0.15, 0.2) is 0 Å². The van der Waals surface area contributed by atoms with E-state index in [1.165, 1.54) is 0 Å². The number of hydrogen-bond acceptors (Lipinski definition) is 4. The topological polar surface area (TPSA) is 67.6 Å². The number of hydrazine groups is 1.